The summed E-state index contributed by atoms with van der Waals surface area (Å²) in [5.74, 6) is 0.860. The van der Waals surface area contributed by atoms with E-state index < -0.39 is 0 Å². The Hall–Kier alpha value is -1.55. The fourth-order valence-electron chi connectivity index (χ4n) is 2.98. The first-order chi connectivity index (χ1) is 9.83. The van der Waals surface area contributed by atoms with E-state index in [-0.39, 0.29) is 12.0 Å². The number of amides is 1. The topological polar surface area (TPSA) is 50.4 Å². The standard InChI is InChI=1S/C16H22N2O2/c19-16(18-10-8-13-6-3-4-9-17-13)15-11-12-5-1-2-7-14(12)20-15/h1-2,5,7,13,15,17H,3-4,6,8-11H2,(H,18,19). The summed E-state index contributed by atoms with van der Waals surface area (Å²) >= 11 is 0. The van der Waals surface area contributed by atoms with E-state index in [2.05, 4.69) is 10.6 Å². The molecule has 2 atom stereocenters. The first-order valence-electron chi connectivity index (χ1n) is 7.58. The summed E-state index contributed by atoms with van der Waals surface area (Å²) in [5, 5.41) is 6.50. The minimum atomic E-state index is -0.355. The fraction of sp³-hybridized carbons (Fsp3) is 0.562. The molecule has 1 amide bonds. The predicted octanol–water partition coefficient (Wildman–Crippen LogP) is 1.64. The van der Waals surface area contributed by atoms with Crippen LogP contribution in [0.4, 0.5) is 0 Å². The average molecular weight is 274 g/mol. The average Bonchev–Trinajstić information content (AvgIpc) is 2.92. The summed E-state index contributed by atoms with van der Waals surface area (Å²) in [7, 11) is 0. The Morgan fingerprint density at radius 3 is 3.05 bits per heavy atom. The van der Waals surface area contributed by atoms with Gasteiger partial charge in [0.05, 0.1) is 0 Å². The van der Waals surface area contributed by atoms with Crippen LogP contribution in [0.15, 0.2) is 24.3 Å². The lowest BCUT2D eigenvalue weighted by Crippen LogP contribution is -2.41. The Bertz CT molecular complexity index is 444. The molecule has 2 heterocycles. The van der Waals surface area contributed by atoms with E-state index in [0.29, 0.717) is 12.5 Å². The van der Waals surface area contributed by atoms with Gasteiger partial charge in [0.25, 0.3) is 5.91 Å². The van der Waals surface area contributed by atoms with Crippen LogP contribution in [0.25, 0.3) is 0 Å². The number of piperidine rings is 1. The Morgan fingerprint density at radius 1 is 1.35 bits per heavy atom. The van der Waals surface area contributed by atoms with Gasteiger partial charge in [-0.2, -0.15) is 0 Å². The summed E-state index contributed by atoms with van der Waals surface area (Å²) in [5.41, 5.74) is 1.13. The molecule has 2 unspecified atom stereocenters. The van der Waals surface area contributed by atoms with Crippen molar-refractivity contribution in [1.29, 1.82) is 0 Å². The van der Waals surface area contributed by atoms with Gasteiger partial charge in [-0.05, 0) is 37.4 Å². The molecule has 0 bridgehead atoms. The van der Waals surface area contributed by atoms with Gasteiger partial charge in [0.15, 0.2) is 6.10 Å². The number of benzene rings is 1. The van der Waals surface area contributed by atoms with Crippen molar-refractivity contribution in [2.24, 2.45) is 0 Å². The second-order valence-corrected chi connectivity index (χ2v) is 5.64. The van der Waals surface area contributed by atoms with Crippen LogP contribution in [-0.2, 0) is 11.2 Å². The van der Waals surface area contributed by atoms with E-state index in [9.17, 15) is 4.79 Å². The summed E-state index contributed by atoms with van der Waals surface area (Å²) < 4.78 is 5.68. The number of carbonyl (C=O) groups excluding carboxylic acids is 1. The zero-order valence-electron chi connectivity index (χ0n) is 11.7. The highest BCUT2D eigenvalue weighted by atomic mass is 16.5. The molecular formula is C16H22N2O2. The molecule has 0 radical (unpaired) electrons. The van der Waals surface area contributed by atoms with Crippen LogP contribution >= 0.6 is 0 Å². The van der Waals surface area contributed by atoms with Crippen LogP contribution < -0.4 is 15.4 Å². The lowest BCUT2D eigenvalue weighted by molar-refractivity contribution is -0.127. The highest BCUT2D eigenvalue weighted by Gasteiger charge is 2.28. The maximum absolute atomic E-state index is 12.1. The zero-order chi connectivity index (χ0) is 13.8. The van der Waals surface area contributed by atoms with E-state index in [0.717, 1.165) is 30.8 Å². The molecule has 20 heavy (non-hydrogen) atoms. The molecule has 1 saturated heterocycles. The van der Waals surface area contributed by atoms with E-state index >= 15 is 0 Å². The normalized spacial score (nSPS) is 24.8. The third-order valence-corrected chi connectivity index (χ3v) is 4.14. The molecule has 2 N–H and O–H groups in total. The van der Waals surface area contributed by atoms with Gasteiger partial charge in [0, 0.05) is 19.0 Å². The largest absolute Gasteiger partial charge is 0.480 e. The van der Waals surface area contributed by atoms with Crippen LogP contribution in [0.5, 0.6) is 5.75 Å². The van der Waals surface area contributed by atoms with Crippen LogP contribution in [0.3, 0.4) is 0 Å². The summed E-state index contributed by atoms with van der Waals surface area (Å²) in [6.07, 6.45) is 5.13. The van der Waals surface area contributed by atoms with Crippen molar-refractivity contribution in [2.45, 2.75) is 44.2 Å². The number of hydrogen-bond acceptors (Lipinski definition) is 3. The molecule has 1 fully saturated rings. The lowest BCUT2D eigenvalue weighted by Gasteiger charge is -2.23. The van der Waals surface area contributed by atoms with Crippen LogP contribution in [-0.4, -0.2) is 31.1 Å². The Balaban J connectivity index is 1.42. The van der Waals surface area contributed by atoms with Gasteiger partial charge in [-0.25, -0.2) is 0 Å². The molecule has 1 aromatic rings. The van der Waals surface area contributed by atoms with Gasteiger partial charge in [-0.15, -0.1) is 0 Å². The first kappa shape index (κ1) is 13.4. The van der Waals surface area contributed by atoms with Crippen molar-refractivity contribution in [3.63, 3.8) is 0 Å². The monoisotopic (exact) mass is 274 g/mol. The van der Waals surface area contributed by atoms with Crippen molar-refractivity contribution in [1.82, 2.24) is 10.6 Å². The number of rotatable bonds is 4. The SMILES string of the molecule is O=C(NCCC1CCCCN1)C1Cc2ccccc2O1. The molecule has 108 valence electrons. The Kier molecular flexibility index (Phi) is 4.21. The van der Waals surface area contributed by atoms with E-state index in [1.807, 2.05) is 24.3 Å². The summed E-state index contributed by atoms with van der Waals surface area (Å²) in [6.45, 7) is 1.84. The highest BCUT2D eigenvalue weighted by Crippen LogP contribution is 2.28. The molecule has 1 aromatic carbocycles. The number of nitrogens with one attached hydrogen (secondary N) is 2. The molecule has 0 saturated carbocycles. The molecule has 0 aromatic heterocycles. The maximum Gasteiger partial charge on any atom is 0.261 e. The van der Waals surface area contributed by atoms with Crippen molar-refractivity contribution >= 4 is 5.91 Å². The molecule has 3 rings (SSSR count). The van der Waals surface area contributed by atoms with Gasteiger partial charge < -0.3 is 15.4 Å². The number of ether oxygens (including phenoxy) is 1. The highest BCUT2D eigenvalue weighted by molar-refractivity contribution is 5.82. The number of carbonyl (C=O) groups is 1. The van der Waals surface area contributed by atoms with Gasteiger partial charge in [0.2, 0.25) is 0 Å². The Morgan fingerprint density at radius 2 is 2.25 bits per heavy atom. The molecule has 4 nitrogen and oxygen atoms in total. The smallest absolute Gasteiger partial charge is 0.261 e. The van der Waals surface area contributed by atoms with Gasteiger partial charge in [-0.3, -0.25) is 4.79 Å². The minimum Gasteiger partial charge on any atom is -0.480 e. The number of para-hydroxylation sites is 1. The summed E-state index contributed by atoms with van der Waals surface area (Å²) in [6, 6.07) is 8.43. The van der Waals surface area contributed by atoms with Crippen LogP contribution in [0.1, 0.15) is 31.2 Å². The summed E-state index contributed by atoms with van der Waals surface area (Å²) in [4.78, 5) is 12.1. The maximum atomic E-state index is 12.1. The van der Waals surface area contributed by atoms with Crippen molar-refractivity contribution in [2.75, 3.05) is 13.1 Å². The van der Waals surface area contributed by atoms with Crippen molar-refractivity contribution < 1.29 is 9.53 Å². The first-order valence-corrected chi connectivity index (χ1v) is 7.58. The zero-order valence-corrected chi connectivity index (χ0v) is 11.7. The lowest BCUT2D eigenvalue weighted by atomic mass is 10.0. The fourth-order valence-corrected chi connectivity index (χ4v) is 2.98. The van der Waals surface area contributed by atoms with Crippen LogP contribution in [0, 0.1) is 0 Å². The molecule has 2 aliphatic heterocycles. The molecule has 0 aliphatic carbocycles. The van der Waals surface area contributed by atoms with E-state index in [4.69, 9.17) is 4.74 Å². The molecule has 0 spiro atoms. The second-order valence-electron chi connectivity index (χ2n) is 5.64. The van der Waals surface area contributed by atoms with Gasteiger partial charge >= 0.3 is 0 Å². The Labute approximate surface area is 119 Å². The number of fused-ring (bicyclic) bond motifs is 1. The van der Waals surface area contributed by atoms with Gasteiger partial charge in [-0.1, -0.05) is 24.6 Å². The second kappa shape index (κ2) is 6.27. The molecule has 2 aliphatic rings. The minimum absolute atomic E-state index is 0.0111. The predicted molar refractivity (Wildman–Crippen MR) is 77.8 cm³/mol. The van der Waals surface area contributed by atoms with Crippen molar-refractivity contribution in [3.8, 4) is 5.75 Å². The van der Waals surface area contributed by atoms with E-state index in [1.165, 1.54) is 19.3 Å². The third-order valence-electron chi connectivity index (χ3n) is 4.14. The number of hydrogen-bond donors (Lipinski definition) is 2. The van der Waals surface area contributed by atoms with Gasteiger partial charge in [0.1, 0.15) is 5.75 Å². The molecule has 4 heteroatoms. The third kappa shape index (κ3) is 3.12. The van der Waals surface area contributed by atoms with E-state index in [1.54, 1.807) is 0 Å². The quantitative estimate of drug-likeness (QED) is 0.877. The molecular weight excluding hydrogens is 252 g/mol. The van der Waals surface area contributed by atoms with Crippen LogP contribution in [0.2, 0.25) is 0 Å². The van der Waals surface area contributed by atoms with Crippen molar-refractivity contribution in [3.05, 3.63) is 29.8 Å².